The topological polar surface area (TPSA) is 74.6 Å². The van der Waals surface area contributed by atoms with Crippen LogP contribution in [0.25, 0.3) is 0 Å². The number of hydrogen-bond donors (Lipinski definition) is 2. The molecule has 0 unspecified atom stereocenters. The summed E-state index contributed by atoms with van der Waals surface area (Å²) in [7, 11) is 0. The molecule has 0 saturated carbocycles. The summed E-state index contributed by atoms with van der Waals surface area (Å²) in [6, 6.07) is 0.953. The summed E-state index contributed by atoms with van der Waals surface area (Å²) >= 11 is 0. The summed E-state index contributed by atoms with van der Waals surface area (Å²) < 4.78 is 39.2. The summed E-state index contributed by atoms with van der Waals surface area (Å²) in [5.74, 6) is -6.76. The molecule has 0 bridgehead atoms. The fourth-order valence-corrected chi connectivity index (χ4v) is 1.89. The van der Waals surface area contributed by atoms with Crippen molar-refractivity contribution in [3.8, 4) is 0 Å². The van der Waals surface area contributed by atoms with E-state index in [2.05, 4.69) is 0 Å². The lowest BCUT2D eigenvalue weighted by Crippen LogP contribution is -2.39. The highest BCUT2D eigenvalue weighted by Gasteiger charge is 2.44. The highest BCUT2D eigenvalue weighted by atomic mass is 19.2. The molecule has 0 amide bonds. The van der Waals surface area contributed by atoms with Crippen molar-refractivity contribution in [3.63, 3.8) is 0 Å². The number of benzene rings is 1. The van der Waals surface area contributed by atoms with Gasteiger partial charge in [-0.05, 0) is 30.9 Å². The van der Waals surface area contributed by atoms with E-state index in [1.54, 1.807) is 0 Å². The van der Waals surface area contributed by atoms with Gasteiger partial charge in [-0.3, -0.25) is 9.59 Å². The lowest BCUT2D eigenvalue weighted by molar-refractivity contribution is -0.165. The molecule has 20 heavy (non-hydrogen) atoms. The monoisotopic (exact) mass is 290 g/mol. The smallest absolute Gasteiger partial charge is 0.321 e. The summed E-state index contributed by atoms with van der Waals surface area (Å²) in [6.45, 7) is 1.38. The van der Waals surface area contributed by atoms with Crippen LogP contribution in [0.3, 0.4) is 0 Å². The minimum atomic E-state index is -2.07. The number of rotatable bonds is 6. The van der Waals surface area contributed by atoms with Crippen LogP contribution in [0.5, 0.6) is 0 Å². The maximum Gasteiger partial charge on any atom is 0.321 e. The van der Waals surface area contributed by atoms with Gasteiger partial charge in [0.2, 0.25) is 0 Å². The lowest BCUT2D eigenvalue weighted by Gasteiger charge is -2.23. The molecule has 0 aliphatic rings. The van der Waals surface area contributed by atoms with Gasteiger partial charge in [0, 0.05) is 6.07 Å². The molecule has 0 fully saturated rings. The van der Waals surface area contributed by atoms with E-state index in [4.69, 9.17) is 10.2 Å². The molecule has 1 aromatic carbocycles. The van der Waals surface area contributed by atoms with E-state index in [9.17, 15) is 22.8 Å². The zero-order valence-corrected chi connectivity index (χ0v) is 10.6. The minimum absolute atomic E-state index is 0.205. The van der Waals surface area contributed by atoms with Crippen molar-refractivity contribution in [2.45, 2.75) is 26.2 Å². The first-order chi connectivity index (χ1) is 9.24. The van der Waals surface area contributed by atoms with E-state index in [0.717, 1.165) is 0 Å². The summed E-state index contributed by atoms with van der Waals surface area (Å²) in [4.78, 5) is 22.2. The average molecular weight is 290 g/mol. The predicted octanol–water partition coefficient (Wildman–Crippen LogP) is 2.60. The number of halogens is 3. The molecule has 0 radical (unpaired) electrons. The van der Waals surface area contributed by atoms with E-state index in [1.165, 1.54) is 6.92 Å². The largest absolute Gasteiger partial charge is 0.480 e. The SMILES string of the molecule is CCC(CCc1cc(F)c(F)cc1F)(C(=O)O)C(=O)O. The maximum absolute atomic E-state index is 13.4. The van der Waals surface area contributed by atoms with Gasteiger partial charge in [-0.25, -0.2) is 13.2 Å². The molecule has 0 aromatic heterocycles. The Morgan fingerprint density at radius 1 is 1.05 bits per heavy atom. The lowest BCUT2D eigenvalue weighted by atomic mass is 9.79. The van der Waals surface area contributed by atoms with Crippen LogP contribution in [-0.4, -0.2) is 22.2 Å². The van der Waals surface area contributed by atoms with Crippen LogP contribution in [0.1, 0.15) is 25.3 Å². The zero-order valence-electron chi connectivity index (χ0n) is 10.6. The highest BCUT2D eigenvalue weighted by molar-refractivity contribution is 5.98. The predicted molar refractivity (Wildman–Crippen MR) is 62.6 cm³/mol. The molecule has 0 spiro atoms. The first kappa shape index (κ1) is 16.0. The number of carboxylic acids is 2. The second-order valence-corrected chi connectivity index (χ2v) is 4.40. The molecular weight excluding hydrogens is 277 g/mol. The first-order valence-electron chi connectivity index (χ1n) is 5.84. The quantitative estimate of drug-likeness (QED) is 0.624. The molecule has 0 aliphatic carbocycles. The maximum atomic E-state index is 13.4. The second kappa shape index (κ2) is 5.94. The van der Waals surface area contributed by atoms with E-state index in [0.29, 0.717) is 12.1 Å². The molecule has 0 atom stereocenters. The van der Waals surface area contributed by atoms with Crippen molar-refractivity contribution in [2.24, 2.45) is 5.41 Å². The summed E-state index contributed by atoms with van der Waals surface area (Å²) in [5, 5.41) is 18.1. The van der Waals surface area contributed by atoms with E-state index in [-0.39, 0.29) is 18.4 Å². The van der Waals surface area contributed by atoms with Gasteiger partial charge in [0.05, 0.1) is 0 Å². The Hall–Kier alpha value is -2.05. The third-order valence-electron chi connectivity index (χ3n) is 3.33. The van der Waals surface area contributed by atoms with Crippen molar-refractivity contribution in [1.82, 2.24) is 0 Å². The van der Waals surface area contributed by atoms with Crippen LogP contribution in [0.2, 0.25) is 0 Å². The van der Waals surface area contributed by atoms with Crippen molar-refractivity contribution >= 4 is 11.9 Å². The first-order valence-corrected chi connectivity index (χ1v) is 5.84. The highest BCUT2D eigenvalue weighted by Crippen LogP contribution is 2.30. The average Bonchev–Trinajstić information content (AvgIpc) is 2.35. The number of hydrogen-bond acceptors (Lipinski definition) is 2. The van der Waals surface area contributed by atoms with Crippen LogP contribution in [0.4, 0.5) is 13.2 Å². The number of carbonyl (C=O) groups is 2. The van der Waals surface area contributed by atoms with Crippen molar-refractivity contribution in [1.29, 1.82) is 0 Å². The van der Waals surface area contributed by atoms with Gasteiger partial charge in [0.1, 0.15) is 5.82 Å². The van der Waals surface area contributed by atoms with Crippen LogP contribution in [0, 0.1) is 22.9 Å². The molecule has 7 heteroatoms. The van der Waals surface area contributed by atoms with E-state index in [1.807, 2.05) is 0 Å². The zero-order chi connectivity index (χ0) is 15.5. The van der Waals surface area contributed by atoms with Gasteiger partial charge in [0.15, 0.2) is 17.0 Å². The Kier molecular flexibility index (Phi) is 4.75. The Balaban J connectivity index is 3.02. The second-order valence-electron chi connectivity index (χ2n) is 4.40. The Morgan fingerprint density at radius 2 is 1.55 bits per heavy atom. The number of carboxylic acid groups (broad SMARTS) is 2. The van der Waals surface area contributed by atoms with Crippen LogP contribution in [0.15, 0.2) is 12.1 Å². The van der Waals surface area contributed by atoms with Crippen LogP contribution >= 0.6 is 0 Å². The van der Waals surface area contributed by atoms with Gasteiger partial charge in [-0.15, -0.1) is 0 Å². The van der Waals surface area contributed by atoms with Gasteiger partial charge in [-0.1, -0.05) is 6.92 Å². The third kappa shape index (κ3) is 2.92. The summed E-state index contributed by atoms with van der Waals surface area (Å²) in [5.41, 5.74) is -2.33. The van der Waals surface area contributed by atoms with Gasteiger partial charge >= 0.3 is 11.9 Å². The van der Waals surface area contributed by atoms with Crippen LogP contribution < -0.4 is 0 Å². The van der Waals surface area contributed by atoms with Gasteiger partial charge in [0.25, 0.3) is 0 Å². The number of aryl methyl sites for hydroxylation is 1. The molecule has 1 rings (SSSR count). The van der Waals surface area contributed by atoms with Crippen LogP contribution in [-0.2, 0) is 16.0 Å². The van der Waals surface area contributed by atoms with Gasteiger partial charge < -0.3 is 10.2 Å². The molecule has 2 N–H and O–H groups in total. The number of aliphatic carboxylic acids is 2. The van der Waals surface area contributed by atoms with Gasteiger partial charge in [-0.2, -0.15) is 0 Å². The molecule has 110 valence electrons. The van der Waals surface area contributed by atoms with E-state index < -0.39 is 41.2 Å². The van der Waals surface area contributed by atoms with Crippen molar-refractivity contribution in [3.05, 3.63) is 35.1 Å². The molecule has 0 aliphatic heterocycles. The Bertz CT molecular complexity index is 529. The molecule has 0 heterocycles. The minimum Gasteiger partial charge on any atom is -0.480 e. The molecule has 1 aromatic rings. The Labute approximate surface area is 112 Å². The van der Waals surface area contributed by atoms with Crippen molar-refractivity contribution in [2.75, 3.05) is 0 Å². The molecule has 0 saturated heterocycles. The standard InChI is InChI=1S/C13H13F3O4/c1-2-13(11(17)18,12(19)20)4-3-7-5-9(15)10(16)6-8(7)14/h5-6H,2-4H2,1H3,(H,17,18)(H,19,20). The Morgan fingerprint density at radius 3 is 2.00 bits per heavy atom. The molecule has 4 nitrogen and oxygen atoms in total. The fourth-order valence-electron chi connectivity index (χ4n) is 1.89. The fraction of sp³-hybridized carbons (Fsp3) is 0.385. The van der Waals surface area contributed by atoms with E-state index >= 15 is 0 Å². The van der Waals surface area contributed by atoms with Crippen molar-refractivity contribution < 1.29 is 33.0 Å². The summed E-state index contributed by atoms with van der Waals surface area (Å²) in [6.07, 6.45) is -0.950. The third-order valence-corrected chi connectivity index (χ3v) is 3.33. The normalized spacial score (nSPS) is 11.4. The molecular formula is C13H13F3O4.